The lowest BCUT2D eigenvalue weighted by Gasteiger charge is -2.08. The van der Waals surface area contributed by atoms with E-state index in [9.17, 15) is 4.79 Å². The van der Waals surface area contributed by atoms with Gasteiger partial charge in [-0.1, -0.05) is 19.1 Å². The Morgan fingerprint density at radius 1 is 1.27 bits per heavy atom. The first-order chi connectivity index (χ1) is 10.7. The second-order valence-corrected chi connectivity index (χ2v) is 5.18. The molecule has 0 fully saturated rings. The summed E-state index contributed by atoms with van der Waals surface area (Å²) < 4.78 is 5.73. The van der Waals surface area contributed by atoms with Gasteiger partial charge in [0.25, 0.3) is 5.56 Å². The smallest absolute Gasteiger partial charge is 0.251 e. The summed E-state index contributed by atoms with van der Waals surface area (Å²) in [6, 6.07) is 9.57. The topological polar surface area (TPSA) is 81.0 Å². The van der Waals surface area contributed by atoms with Gasteiger partial charge >= 0.3 is 0 Å². The van der Waals surface area contributed by atoms with Gasteiger partial charge in [-0.15, -0.1) is 0 Å². The first kappa shape index (κ1) is 16.2. The van der Waals surface area contributed by atoms with Crippen LogP contribution in [-0.2, 0) is 19.3 Å². The van der Waals surface area contributed by atoms with Gasteiger partial charge in [-0.05, 0) is 43.5 Å². The second-order valence-electron chi connectivity index (χ2n) is 5.18. The second kappa shape index (κ2) is 8.34. The Morgan fingerprint density at radius 2 is 2.14 bits per heavy atom. The van der Waals surface area contributed by atoms with Gasteiger partial charge in [0.05, 0.1) is 6.61 Å². The highest BCUT2D eigenvalue weighted by Crippen LogP contribution is 2.13. The molecule has 2 aromatic rings. The lowest BCUT2D eigenvalue weighted by molar-refractivity contribution is 0.318. The average Bonchev–Trinajstić information content (AvgIpc) is 2.53. The zero-order chi connectivity index (χ0) is 15.8. The van der Waals surface area contributed by atoms with Crippen molar-refractivity contribution in [3.05, 3.63) is 57.8 Å². The Hall–Kier alpha value is -2.14. The standard InChI is InChI=1S/C17H23N3O2/c1-2-13-5-3-7-15(11-13)22-10-8-16-19-14(6-4-9-18)12-17(21)20-16/h3,5,7,11-12H,2,4,6,8-10,18H2,1H3,(H,19,20,21). The Balaban J connectivity index is 1.93. The summed E-state index contributed by atoms with van der Waals surface area (Å²) >= 11 is 0. The van der Waals surface area contributed by atoms with E-state index in [1.54, 1.807) is 0 Å². The van der Waals surface area contributed by atoms with E-state index < -0.39 is 0 Å². The molecule has 0 unspecified atom stereocenters. The molecule has 3 N–H and O–H groups in total. The number of nitrogens with one attached hydrogen (secondary N) is 1. The number of nitrogens with zero attached hydrogens (tertiary/aromatic N) is 1. The molecule has 0 aliphatic carbocycles. The molecule has 0 bridgehead atoms. The van der Waals surface area contributed by atoms with Gasteiger partial charge in [0.15, 0.2) is 0 Å². The molecule has 0 amide bonds. The van der Waals surface area contributed by atoms with Gasteiger partial charge in [0.1, 0.15) is 11.6 Å². The molecule has 0 saturated carbocycles. The van der Waals surface area contributed by atoms with Gasteiger partial charge < -0.3 is 15.5 Å². The average molecular weight is 301 g/mol. The van der Waals surface area contributed by atoms with E-state index in [0.717, 1.165) is 30.7 Å². The first-order valence-corrected chi connectivity index (χ1v) is 7.72. The number of benzene rings is 1. The third kappa shape index (κ3) is 5.00. The molecule has 5 heteroatoms. The quantitative estimate of drug-likeness (QED) is 0.779. The van der Waals surface area contributed by atoms with E-state index in [-0.39, 0.29) is 5.56 Å². The minimum atomic E-state index is -0.120. The molecule has 1 aromatic carbocycles. The summed E-state index contributed by atoms with van der Waals surface area (Å²) in [4.78, 5) is 18.8. The van der Waals surface area contributed by atoms with E-state index >= 15 is 0 Å². The van der Waals surface area contributed by atoms with Gasteiger partial charge in [-0.25, -0.2) is 4.98 Å². The van der Waals surface area contributed by atoms with Crippen molar-refractivity contribution in [3.8, 4) is 5.75 Å². The Kier molecular flexibility index (Phi) is 6.15. The summed E-state index contributed by atoms with van der Waals surface area (Å²) in [5.74, 6) is 1.51. The molecule has 0 aliphatic heterocycles. The number of hydrogen-bond donors (Lipinski definition) is 2. The van der Waals surface area contributed by atoms with Crippen LogP contribution in [0.5, 0.6) is 5.75 Å². The molecule has 0 atom stereocenters. The summed E-state index contributed by atoms with van der Waals surface area (Å²) in [5.41, 5.74) is 7.40. The Labute approximate surface area is 130 Å². The van der Waals surface area contributed by atoms with Crippen LogP contribution in [0.4, 0.5) is 0 Å². The van der Waals surface area contributed by atoms with Crippen LogP contribution in [0.25, 0.3) is 0 Å². The van der Waals surface area contributed by atoms with Gasteiger partial charge in [0, 0.05) is 18.2 Å². The Morgan fingerprint density at radius 3 is 2.91 bits per heavy atom. The highest BCUT2D eigenvalue weighted by atomic mass is 16.5. The predicted octanol–water partition coefficient (Wildman–Crippen LogP) is 1.85. The molecule has 0 radical (unpaired) electrons. The monoisotopic (exact) mass is 301 g/mol. The minimum Gasteiger partial charge on any atom is -0.493 e. The van der Waals surface area contributed by atoms with Crippen LogP contribution in [-0.4, -0.2) is 23.1 Å². The van der Waals surface area contributed by atoms with Crippen molar-refractivity contribution in [1.82, 2.24) is 9.97 Å². The zero-order valence-corrected chi connectivity index (χ0v) is 13.0. The number of nitrogens with two attached hydrogens (primary N) is 1. The fourth-order valence-corrected chi connectivity index (χ4v) is 2.21. The normalized spacial score (nSPS) is 10.6. The molecule has 5 nitrogen and oxygen atoms in total. The number of H-pyrrole nitrogens is 1. The van der Waals surface area contributed by atoms with E-state index in [1.807, 2.05) is 18.2 Å². The fourth-order valence-electron chi connectivity index (χ4n) is 2.21. The summed E-state index contributed by atoms with van der Waals surface area (Å²) in [5, 5.41) is 0. The molecule has 0 spiro atoms. The van der Waals surface area contributed by atoms with Crippen molar-refractivity contribution in [1.29, 1.82) is 0 Å². The molecule has 0 aliphatic rings. The van der Waals surface area contributed by atoms with Crippen molar-refractivity contribution in [2.75, 3.05) is 13.2 Å². The number of aryl methyl sites for hydroxylation is 2. The lowest BCUT2D eigenvalue weighted by atomic mass is 10.2. The van der Waals surface area contributed by atoms with Crippen LogP contribution in [0.3, 0.4) is 0 Å². The maximum Gasteiger partial charge on any atom is 0.251 e. The number of aromatic amines is 1. The molecule has 1 aromatic heterocycles. The van der Waals surface area contributed by atoms with E-state index in [2.05, 4.69) is 23.0 Å². The van der Waals surface area contributed by atoms with Gasteiger partial charge in [-0.2, -0.15) is 0 Å². The van der Waals surface area contributed by atoms with Gasteiger partial charge in [0.2, 0.25) is 0 Å². The third-order valence-electron chi connectivity index (χ3n) is 3.40. The zero-order valence-electron chi connectivity index (χ0n) is 13.0. The first-order valence-electron chi connectivity index (χ1n) is 7.72. The molecule has 1 heterocycles. The highest BCUT2D eigenvalue weighted by molar-refractivity contribution is 5.28. The minimum absolute atomic E-state index is 0.120. The highest BCUT2D eigenvalue weighted by Gasteiger charge is 2.03. The van der Waals surface area contributed by atoms with Crippen molar-refractivity contribution >= 4 is 0 Å². The molecule has 22 heavy (non-hydrogen) atoms. The van der Waals surface area contributed by atoms with Crippen molar-refractivity contribution < 1.29 is 4.74 Å². The molecular formula is C17H23N3O2. The van der Waals surface area contributed by atoms with Crippen LogP contribution in [0.15, 0.2) is 35.1 Å². The summed E-state index contributed by atoms with van der Waals surface area (Å²) in [7, 11) is 0. The van der Waals surface area contributed by atoms with Crippen LogP contribution < -0.4 is 16.0 Å². The largest absolute Gasteiger partial charge is 0.493 e. The Bertz CT molecular complexity index is 652. The lowest BCUT2D eigenvalue weighted by Crippen LogP contribution is -2.15. The van der Waals surface area contributed by atoms with Gasteiger partial charge in [-0.3, -0.25) is 4.79 Å². The molecule has 0 saturated heterocycles. The van der Waals surface area contributed by atoms with Crippen molar-refractivity contribution in [2.24, 2.45) is 5.73 Å². The number of hydrogen-bond acceptors (Lipinski definition) is 4. The summed E-state index contributed by atoms with van der Waals surface area (Å²) in [6.45, 7) is 3.19. The molecule has 2 rings (SSSR count). The van der Waals surface area contributed by atoms with E-state index in [4.69, 9.17) is 10.5 Å². The molecular weight excluding hydrogens is 278 g/mol. The maximum absolute atomic E-state index is 11.6. The van der Waals surface area contributed by atoms with Crippen molar-refractivity contribution in [3.63, 3.8) is 0 Å². The predicted molar refractivity (Wildman–Crippen MR) is 87.3 cm³/mol. The maximum atomic E-state index is 11.6. The number of rotatable bonds is 8. The van der Waals surface area contributed by atoms with Crippen LogP contribution in [0.2, 0.25) is 0 Å². The third-order valence-corrected chi connectivity index (χ3v) is 3.40. The SMILES string of the molecule is CCc1cccc(OCCc2nc(CCCN)cc(=O)[nH]2)c1. The van der Waals surface area contributed by atoms with Crippen LogP contribution >= 0.6 is 0 Å². The fraction of sp³-hybridized carbons (Fsp3) is 0.412. The van der Waals surface area contributed by atoms with Crippen LogP contribution in [0.1, 0.15) is 30.4 Å². The number of aromatic nitrogens is 2. The van der Waals surface area contributed by atoms with E-state index in [1.165, 1.54) is 11.6 Å². The van der Waals surface area contributed by atoms with Crippen LogP contribution in [0, 0.1) is 0 Å². The summed E-state index contributed by atoms with van der Waals surface area (Å²) in [6.07, 6.45) is 3.11. The molecule has 118 valence electrons. The van der Waals surface area contributed by atoms with E-state index in [0.29, 0.717) is 25.4 Å². The number of ether oxygens (including phenoxy) is 1. The van der Waals surface area contributed by atoms with Crippen molar-refractivity contribution in [2.45, 2.75) is 32.6 Å².